The molecule has 0 spiro atoms. The molecule has 2 heterocycles. The zero-order chi connectivity index (χ0) is 11.4. The predicted octanol–water partition coefficient (Wildman–Crippen LogP) is 1.70. The third-order valence-electron chi connectivity index (χ3n) is 3.61. The molecule has 88 valence electrons. The summed E-state index contributed by atoms with van der Waals surface area (Å²) in [5.41, 5.74) is 2.63. The van der Waals surface area contributed by atoms with Gasteiger partial charge < -0.3 is 10.1 Å². The van der Waals surface area contributed by atoms with Crippen molar-refractivity contribution in [3.8, 4) is 0 Å². The lowest BCUT2D eigenvalue weighted by molar-refractivity contribution is -0.0335. The largest absolute Gasteiger partial charge is 0.378 e. The molecule has 1 N–H and O–H groups in total. The average molecular weight is 220 g/mol. The Hall–Kier alpha value is -0.930. The first-order chi connectivity index (χ1) is 7.76. The number of nitrogens with zero attached hydrogens (tertiary/aromatic N) is 1. The normalized spacial score (nSPS) is 19.6. The minimum Gasteiger partial charge on any atom is -0.378 e. The highest BCUT2D eigenvalue weighted by atomic mass is 16.5. The summed E-state index contributed by atoms with van der Waals surface area (Å²) in [5.74, 6) is 0. The standard InChI is InChI=1S/C13H20N2O/c1-11-3-6-15-10-12(11)9-13(16-2)4-7-14-8-5-13/h3,6,10,14H,4-5,7-9H2,1-2H3. The van der Waals surface area contributed by atoms with Crippen LogP contribution in [0.5, 0.6) is 0 Å². The average Bonchev–Trinajstić information content (AvgIpc) is 2.33. The van der Waals surface area contributed by atoms with Crippen LogP contribution in [0.25, 0.3) is 0 Å². The van der Waals surface area contributed by atoms with Crippen molar-refractivity contribution in [3.63, 3.8) is 0 Å². The van der Waals surface area contributed by atoms with Crippen LogP contribution in [-0.2, 0) is 11.2 Å². The van der Waals surface area contributed by atoms with Crippen molar-refractivity contribution in [1.29, 1.82) is 0 Å². The van der Waals surface area contributed by atoms with Crippen molar-refractivity contribution in [1.82, 2.24) is 10.3 Å². The van der Waals surface area contributed by atoms with Crippen molar-refractivity contribution in [2.24, 2.45) is 0 Å². The van der Waals surface area contributed by atoms with Crippen molar-refractivity contribution in [3.05, 3.63) is 29.6 Å². The molecule has 0 aliphatic carbocycles. The van der Waals surface area contributed by atoms with Crippen molar-refractivity contribution in [2.45, 2.75) is 31.8 Å². The number of aryl methyl sites for hydroxylation is 1. The third kappa shape index (κ3) is 2.42. The SMILES string of the molecule is COC1(Cc2cnccc2C)CCNCC1. The summed E-state index contributed by atoms with van der Waals surface area (Å²) in [7, 11) is 1.83. The molecule has 1 aliphatic rings. The first-order valence-corrected chi connectivity index (χ1v) is 5.91. The number of hydrogen-bond acceptors (Lipinski definition) is 3. The lowest BCUT2D eigenvalue weighted by Gasteiger charge is -2.36. The van der Waals surface area contributed by atoms with E-state index in [-0.39, 0.29) is 5.60 Å². The van der Waals surface area contributed by atoms with Gasteiger partial charge >= 0.3 is 0 Å². The minimum absolute atomic E-state index is 0.0129. The molecule has 0 saturated carbocycles. The quantitative estimate of drug-likeness (QED) is 0.842. The fourth-order valence-corrected chi connectivity index (χ4v) is 2.36. The van der Waals surface area contributed by atoms with E-state index in [1.165, 1.54) is 11.1 Å². The molecule has 3 heteroatoms. The van der Waals surface area contributed by atoms with Gasteiger partial charge in [0.2, 0.25) is 0 Å². The third-order valence-corrected chi connectivity index (χ3v) is 3.61. The smallest absolute Gasteiger partial charge is 0.0743 e. The number of piperidine rings is 1. The Kier molecular flexibility index (Phi) is 3.56. The van der Waals surface area contributed by atoms with E-state index in [2.05, 4.69) is 23.3 Å². The molecule has 0 unspecified atom stereocenters. The maximum atomic E-state index is 5.77. The second-order valence-electron chi connectivity index (χ2n) is 4.62. The van der Waals surface area contributed by atoms with E-state index in [4.69, 9.17) is 4.74 Å². The molecule has 1 aromatic rings. The van der Waals surface area contributed by atoms with Crippen molar-refractivity contribution >= 4 is 0 Å². The minimum atomic E-state index is 0.0129. The van der Waals surface area contributed by atoms with Crippen LogP contribution in [0.15, 0.2) is 18.5 Å². The molecule has 1 fully saturated rings. The van der Waals surface area contributed by atoms with Crippen LogP contribution in [-0.4, -0.2) is 30.8 Å². The lowest BCUT2D eigenvalue weighted by atomic mass is 9.85. The molecule has 0 bridgehead atoms. The van der Waals surface area contributed by atoms with Crippen molar-refractivity contribution < 1.29 is 4.74 Å². The number of aromatic nitrogens is 1. The fraction of sp³-hybridized carbons (Fsp3) is 0.615. The summed E-state index contributed by atoms with van der Waals surface area (Å²) in [5, 5.41) is 3.38. The van der Waals surface area contributed by atoms with Gasteiger partial charge in [0, 0.05) is 25.9 Å². The Morgan fingerprint density at radius 1 is 1.44 bits per heavy atom. The van der Waals surface area contributed by atoms with Crippen LogP contribution in [0, 0.1) is 6.92 Å². The van der Waals surface area contributed by atoms with Gasteiger partial charge in [-0.25, -0.2) is 0 Å². The van der Waals surface area contributed by atoms with Crippen LogP contribution >= 0.6 is 0 Å². The maximum Gasteiger partial charge on any atom is 0.0743 e. The zero-order valence-corrected chi connectivity index (χ0v) is 10.1. The van der Waals surface area contributed by atoms with Crippen LogP contribution in [0.2, 0.25) is 0 Å². The Bertz CT molecular complexity index is 346. The molecule has 0 radical (unpaired) electrons. The topological polar surface area (TPSA) is 34.1 Å². The summed E-state index contributed by atoms with van der Waals surface area (Å²) >= 11 is 0. The highest BCUT2D eigenvalue weighted by Crippen LogP contribution is 2.27. The summed E-state index contributed by atoms with van der Waals surface area (Å²) < 4.78 is 5.77. The molecule has 1 aliphatic heterocycles. The van der Waals surface area contributed by atoms with Gasteiger partial charge in [-0.3, -0.25) is 4.98 Å². The van der Waals surface area contributed by atoms with E-state index in [1.807, 2.05) is 19.5 Å². The Labute approximate surface area is 97.2 Å². The first-order valence-electron chi connectivity index (χ1n) is 5.91. The van der Waals surface area contributed by atoms with Gasteiger partial charge in [-0.05, 0) is 50.0 Å². The Morgan fingerprint density at radius 2 is 2.19 bits per heavy atom. The van der Waals surface area contributed by atoms with Gasteiger partial charge in [0.05, 0.1) is 5.60 Å². The molecule has 1 saturated heterocycles. The number of methoxy groups -OCH3 is 1. The van der Waals surface area contributed by atoms with Gasteiger partial charge in [0.25, 0.3) is 0 Å². The zero-order valence-electron chi connectivity index (χ0n) is 10.1. The highest BCUT2D eigenvalue weighted by Gasteiger charge is 2.32. The van der Waals surface area contributed by atoms with Crippen LogP contribution in [0.1, 0.15) is 24.0 Å². The molecule has 0 atom stereocenters. The summed E-state index contributed by atoms with van der Waals surface area (Å²) in [4.78, 5) is 4.21. The second kappa shape index (κ2) is 4.93. The lowest BCUT2D eigenvalue weighted by Crippen LogP contribution is -2.45. The van der Waals surface area contributed by atoms with Gasteiger partial charge in [-0.1, -0.05) is 0 Å². The van der Waals surface area contributed by atoms with E-state index in [9.17, 15) is 0 Å². The molecule has 2 rings (SSSR count). The molecule has 3 nitrogen and oxygen atoms in total. The van der Waals surface area contributed by atoms with Gasteiger partial charge in [0.15, 0.2) is 0 Å². The molecule has 16 heavy (non-hydrogen) atoms. The Balaban J connectivity index is 2.15. The first kappa shape index (κ1) is 11.6. The number of pyridine rings is 1. The van der Waals surface area contributed by atoms with Gasteiger partial charge in [-0.2, -0.15) is 0 Å². The highest BCUT2D eigenvalue weighted by molar-refractivity contribution is 5.23. The van der Waals surface area contributed by atoms with Gasteiger partial charge in [-0.15, -0.1) is 0 Å². The summed E-state index contributed by atoms with van der Waals surface area (Å²) in [6.07, 6.45) is 6.96. The molecular weight excluding hydrogens is 200 g/mol. The summed E-state index contributed by atoms with van der Waals surface area (Å²) in [6.45, 7) is 4.24. The molecule has 1 aromatic heterocycles. The number of hydrogen-bond donors (Lipinski definition) is 1. The molecule has 0 aromatic carbocycles. The van der Waals surface area contributed by atoms with Crippen molar-refractivity contribution in [2.75, 3.05) is 20.2 Å². The number of ether oxygens (including phenoxy) is 1. The van der Waals surface area contributed by atoms with E-state index in [0.717, 1.165) is 32.4 Å². The van der Waals surface area contributed by atoms with Gasteiger partial charge in [0.1, 0.15) is 0 Å². The molecular formula is C13H20N2O. The molecule has 0 amide bonds. The second-order valence-corrected chi connectivity index (χ2v) is 4.62. The van der Waals surface area contributed by atoms with Crippen LogP contribution < -0.4 is 5.32 Å². The monoisotopic (exact) mass is 220 g/mol. The number of nitrogens with one attached hydrogen (secondary N) is 1. The fourth-order valence-electron chi connectivity index (χ4n) is 2.36. The van der Waals surface area contributed by atoms with E-state index in [0.29, 0.717) is 0 Å². The van der Waals surface area contributed by atoms with E-state index < -0.39 is 0 Å². The summed E-state index contributed by atoms with van der Waals surface area (Å²) in [6, 6.07) is 2.07. The number of rotatable bonds is 3. The van der Waals surface area contributed by atoms with E-state index in [1.54, 1.807) is 0 Å². The van der Waals surface area contributed by atoms with Crippen LogP contribution in [0.3, 0.4) is 0 Å². The van der Waals surface area contributed by atoms with E-state index >= 15 is 0 Å². The Morgan fingerprint density at radius 3 is 2.81 bits per heavy atom. The van der Waals surface area contributed by atoms with Crippen LogP contribution in [0.4, 0.5) is 0 Å². The predicted molar refractivity (Wildman–Crippen MR) is 64.5 cm³/mol. The maximum absolute atomic E-state index is 5.77.